The summed E-state index contributed by atoms with van der Waals surface area (Å²) in [6.07, 6.45) is 5.14. The summed E-state index contributed by atoms with van der Waals surface area (Å²) in [5, 5.41) is 10.1. The number of para-hydroxylation sites is 1. The molecule has 1 N–H and O–H groups in total. The first kappa shape index (κ1) is 12.4. The van der Waals surface area contributed by atoms with Gasteiger partial charge in [0.05, 0.1) is 6.10 Å². The highest BCUT2D eigenvalue weighted by atomic mass is 16.3. The lowest BCUT2D eigenvalue weighted by molar-refractivity contribution is -0.124. The minimum absolute atomic E-state index is 0.233. The Morgan fingerprint density at radius 1 is 1.15 bits per heavy atom. The molecule has 4 unspecified atom stereocenters. The summed E-state index contributed by atoms with van der Waals surface area (Å²) in [6.45, 7) is 0.658. The van der Waals surface area contributed by atoms with E-state index in [0.717, 1.165) is 23.6 Å². The predicted octanol–water partition coefficient (Wildman–Crippen LogP) is 2.89. The van der Waals surface area contributed by atoms with E-state index in [1.165, 1.54) is 19.3 Å². The number of aliphatic hydroxyl groups excluding tert-OH is 1. The Bertz CT molecular complexity index is 542. The SMILES string of the molecule is O=C(C1CC2CCC1C2)N1CCC(O)c2ccccc21. The van der Waals surface area contributed by atoms with Crippen LogP contribution in [0.4, 0.5) is 5.69 Å². The van der Waals surface area contributed by atoms with Gasteiger partial charge in [0.15, 0.2) is 0 Å². The van der Waals surface area contributed by atoms with Crippen LogP contribution in [0.1, 0.15) is 43.8 Å². The van der Waals surface area contributed by atoms with E-state index in [9.17, 15) is 9.90 Å². The first-order chi connectivity index (χ1) is 9.74. The van der Waals surface area contributed by atoms with Gasteiger partial charge in [-0.2, -0.15) is 0 Å². The molecule has 1 aliphatic heterocycles. The number of nitrogens with zero attached hydrogens (tertiary/aromatic N) is 1. The van der Waals surface area contributed by atoms with Crippen molar-refractivity contribution >= 4 is 11.6 Å². The minimum Gasteiger partial charge on any atom is -0.388 e. The summed E-state index contributed by atoms with van der Waals surface area (Å²) < 4.78 is 0. The highest BCUT2D eigenvalue weighted by Crippen LogP contribution is 2.49. The quantitative estimate of drug-likeness (QED) is 0.853. The number of rotatable bonds is 1. The summed E-state index contributed by atoms with van der Waals surface area (Å²) in [6, 6.07) is 7.81. The van der Waals surface area contributed by atoms with Gasteiger partial charge in [0, 0.05) is 23.7 Å². The predicted molar refractivity (Wildman–Crippen MR) is 77.3 cm³/mol. The van der Waals surface area contributed by atoms with E-state index in [0.29, 0.717) is 24.8 Å². The second kappa shape index (κ2) is 4.59. The van der Waals surface area contributed by atoms with Gasteiger partial charge >= 0.3 is 0 Å². The van der Waals surface area contributed by atoms with Gasteiger partial charge in [-0.25, -0.2) is 0 Å². The van der Waals surface area contributed by atoms with Crippen LogP contribution in [0, 0.1) is 17.8 Å². The van der Waals surface area contributed by atoms with Crippen molar-refractivity contribution in [3.63, 3.8) is 0 Å². The van der Waals surface area contributed by atoms with Crippen molar-refractivity contribution in [2.75, 3.05) is 11.4 Å². The number of aliphatic hydroxyl groups is 1. The van der Waals surface area contributed by atoms with Gasteiger partial charge < -0.3 is 10.0 Å². The Morgan fingerprint density at radius 3 is 2.75 bits per heavy atom. The molecule has 1 aromatic rings. The number of benzene rings is 1. The molecular formula is C17H21NO2. The molecule has 106 valence electrons. The van der Waals surface area contributed by atoms with Gasteiger partial charge in [-0.05, 0) is 43.6 Å². The van der Waals surface area contributed by atoms with Crippen molar-refractivity contribution in [2.24, 2.45) is 17.8 Å². The molecule has 2 fully saturated rings. The van der Waals surface area contributed by atoms with Crippen molar-refractivity contribution < 1.29 is 9.90 Å². The van der Waals surface area contributed by atoms with Gasteiger partial charge in [-0.3, -0.25) is 4.79 Å². The molecule has 1 aromatic carbocycles. The maximum absolute atomic E-state index is 12.9. The van der Waals surface area contributed by atoms with Crippen LogP contribution in [0.15, 0.2) is 24.3 Å². The fraction of sp³-hybridized carbons (Fsp3) is 0.588. The maximum atomic E-state index is 12.9. The highest BCUT2D eigenvalue weighted by Gasteiger charge is 2.45. The molecule has 0 spiro atoms. The van der Waals surface area contributed by atoms with Crippen LogP contribution in [0.25, 0.3) is 0 Å². The number of carbonyl (C=O) groups excluding carboxylic acids is 1. The molecule has 20 heavy (non-hydrogen) atoms. The van der Waals surface area contributed by atoms with Gasteiger partial charge in [-0.15, -0.1) is 0 Å². The van der Waals surface area contributed by atoms with Gasteiger partial charge in [0.2, 0.25) is 5.91 Å². The Morgan fingerprint density at radius 2 is 2.00 bits per heavy atom. The number of anilines is 1. The molecule has 4 atom stereocenters. The van der Waals surface area contributed by atoms with Crippen LogP contribution >= 0.6 is 0 Å². The average Bonchev–Trinajstić information content (AvgIpc) is 3.10. The summed E-state index contributed by atoms with van der Waals surface area (Å²) in [5.41, 5.74) is 1.84. The van der Waals surface area contributed by atoms with E-state index >= 15 is 0 Å². The summed E-state index contributed by atoms with van der Waals surface area (Å²) in [5.74, 6) is 1.94. The lowest BCUT2D eigenvalue weighted by atomic mass is 9.86. The third-order valence-electron chi connectivity index (χ3n) is 5.53. The standard InChI is InChI=1S/C17H21NO2/c19-16-7-8-18(15-4-2-1-3-13(15)16)17(20)14-10-11-5-6-12(14)9-11/h1-4,11-12,14,16,19H,5-10H2. The third kappa shape index (κ3) is 1.80. The normalized spacial score (nSPS) is 35.1. The zero-order valence-electron chi connectivity index (χ0n) is 11.7. The van der Waals surface area contributed by atoms with E-state index < -0.39 is 6.10 Å². The first-order valence-electron chi connectivity index (χ1n) is 7.82. The monoisotopic (exact) mass is 271 g/mol. The first-order valence-corrected chi connectivity index (χ1v) is 7.82. The Balaban J connectivity index is 1.63. The Hall–Kier alpha value is -1.35. The van der Waals surface area contributed by atoms with Crippen molar-refractivity contribution in [1.82, 2.24) is 0 Å². The number of carbonyl (C=O) groups is 1. The molecule has 3 nitrogen and oxygen atoms in total. The Labute approximate surface area is 119 Å². The van der Waals surface area contributed by atoms with E-state index in [4.69, 9.17) is 0 Å². The molecule has 0 aromatic heterocycles. The molecule has 1 amide bonds. The second-order valence-corrected chi connectivity index (χ2v) is 6.63. The van der Waals surface area contributed by atoms with E-state index in [1.807, 2.05) is 29.2 Å². The number of fused-ring (bicyclic) bond motifs is 3. The van der Waals surface area contributed by atoms with Crippen LogP contribution < -0.4 is 4.90 Å². The fourth-order valence-electron chi connectivity index (χ4n) is 4.52. The van der Waals surface area contributed by atoms with Crippen LogP contribution in [0.3, 0.4) is 0 Å². The number of hydrogen-bond donors (Lipinski definition) is 1. The molecule has 0 radical (unpaired) electrons. The molecular weight excluding hydrogens is 250 g/mol. The van der Waals surface area contributed by atoms with E-state index in [1.54, 1.807) is 0 Å². The van der Waals surface area contributed by atoms with Crippen LogP contribution in [0.5, 0.6) is 0 Å². The smallest absolute Gasteiger partial charge is 0.230 e. The van der Waals surface area contributed by atoms with Crippen molar-refractivity contribution in [2.45, 2.75) is 38.2 Å². The lowest BCUT2D eigenvalue weighted by Gasteiger charge is -2.35. The Kier molecular flexibility index (Phi) is 2.84. The van der Waals surface area contributed by atoms with E-state index in [2.05, 4.69) is 0 Å². The molecule has 2 aliphatic carbocycles. The van der Waals surface area contributed by atoms with E-state index in [-0.39, 0.29) is 5.92 Å². The summed E-state index contributed by atoms with van der Waals surface area (Å²) in [7, 11) is 0. The lowest BCUT2D eigenvalue weighted by Crippen LogP contribution is -2.42. The van der Waals surface area contributed by atoms with Gasteiger partial charge in [0.1, 0.15) is 0 Å². The highest BCUT2D eigenvalue weighted by molar-refractivity contribution is 5.96. The van der Waals surface area contributed by atoms with Crippen molar-refractivity contribution in [3.05, 3.63) is 29.8 Å². The van der Waals surface area contributed by atoms with Gasteiger partial charge in [-0.1, -0.05) is 24.6 Å². The topological polar surface area (TPSA) is 40.5 Å². The zero-order chi connectivity index (χ0) is 13.7. The summed E-state index contributed by atoms with van der Waals surface area (Å²) >= 11 is 0. The molecule has 3 aliphatic rings. The molecule has 3 heteroatoms. The summed E-state index contributed by atoms with van der Waals surface area (Å²) in [4.78, 5) is 14.8. The molecule has 0 saturated heterocycles. The van der Waals surface area contributed by atoms with Crippen LogP contribution in [-0.4, -0.2) is 17.6 Å². The maximum Gasteiger partial charge on any atom is 0.230 e. The fourth-order valence-corrected chi connectivity index (χ4v) is 4.52. The van der Waals surface area contributed by atoms with Crippen molar-refractivity contribution in [3.8, 4) is 0 Å². The average molecular weight is 271 g/mol. The molecule has 2 saturated carbocycles. The molecule has 2 bridgehead atoms. The number of hydrogen-bond acceptors (Lipinski definition) is 2. The zero-order valence-corrected chi connectivity index (χ0v) is 11.7. The van der Waals surface area contributed by atoms with Crippen LogP contribution in [-0.2, 0) is 4.79 Å². The number of amides is 1. The molecule has 1 heterocycles. The second-order valence-electron chi connectivity index (χ2n) is 6.63. The van der Waals surface area contributed by atoms with Crippen molar-refractivity contribution in [1.29, 1.82) is 0 Å². The minimum atomic E-state index is -0.421. The van der Waals surface area contributed by atoms with Gasteiger partial charge in [0.25, 0.3) is 0 Å². The third-order valence-corrected chi connectivity index (χ3v) is 5.53. The van der Waals surface area contributed by atoms with Crippen LogP contribution in [0.2, 0.25) is 0 Å². The molecule has 4 rings (SSSR count). The largest absolute Gasteiger partial charge is 0.388 e.